The van der Waals surface area contributed by atoms with Crippen LogP contribution in [0, 0.1) is 6.92 Å². The molecule has 72 valence electrons. The maximum atomic E-state index is 2.35. The van der Waals surface area contributed by atoms with Gasteiger partial charge in [0.15, 0.2) is 0 Å². The van der Waals surface area contributed by atoms with Crippen LogP contribution in [0.3, 0.4) is 0 Å². The predicted octanol–water partition coefficient (Wildman–Crippen LogP) is 4.28. The first kappa shape index (κ1) is 9.26. The van der Waals surface area contributed by atoms with Crippen LogP contribution in [-0.4, -0.2) is 0 Å². The second-order valence-electron chi connectivity index (χ2n) is 4.13. The lowest BCUT2D eigenvalue weighted by Gasteiger charge is -2.23. The van der Waals surface area contributed by atoms with Gasteiger partial charge in [-0.2, -0.15) is 0 Å². The van der Waals surface area contributed by atoms with Gasteiger partial charge < -0.3 is 0 Å². The zero-order valence-corrected chi connectivity index (χ0v) is 9.41. The van der Waals surface area contributed by atoms with Crippen LogP contribution < -0.4 is 0 Å². The molecule has 0 saturated carbocycles. The molecular formula is C12H18S. The molecule has 2 rings (SSSR count). The van der Waals surface area contributed by atoms with Gasteiger partial charge in [-0.1, -0.05) is 13.3 Å². The van der Waals surface area contributed by atoms with Crippen molar-refractivity contribution >= 4 is 11.3 Å². The molecule has 1 heterocycles. The van der Waals surface area contributed by atoms with Crippen LogP contribution >= 0.6 is 11.3 Å². The van der Waals surface area contributed by atoms with E-state index in [0.29, 0.717) is 0 Å². The average Bonchev–Trinajstić information content (AvgIpc) is 2.50. The van der Waals surface area contributed by atoms with E-state index in [1.54, 1.807) is 16.0 Å². The minimum absolute atomic E-state index is 0.889. The summed E-state index contributed by atoms with van der Waals surface area (Å²) in [7, 11) is 0. The topological polar surface area (TPSA) is 0 Å². The van der Waals surface area contributed by atoms with E-state index in [2.05, 4.69) is 19.2 Å². The van der Waals surface area contributed by atoms with Crippen molar-refractivity contribution in [2.24, 2.45) is 0 Å². The summed E-state index contributed by atoms with van der Waals surface area (Å²) in [6.45, 7) is 4.58. The minimum Gasteiger partial charge on any atom is -0.148 e. The van der Waals surface area contributed by atoms with Crippen LogP contribution in [0.1, 0.15) is 54.5 Å². The Bertz CT molecular complexity index is 285. The smallest absolute Gasteiger partial charge is 0.00827 e. The molecule has 0 spiro atoms. The highest BCUT2D eigenvalue weighted by molar-refractivity contribution is 7.10. The van der Waals surface area contributed by atoms with Crippen LogP contribution in [0.25, 0.3) is 0 Å². The second kappa shape index (κ2) is 3.83. The molecule has 0 aromatic carbocycles. The lowest BCUT2D eigenvalue weighted by Crippen LogP contribution is -2.07. The number of aryl methyl sites for hydroxylation is 2. The van der Waals surface area contributed by atoms with E-state index in [0.717, 1.165) is 5.92 Å². The van der Waals surface area contributed by atoms with Crippen LogP contribution in [-0.2, 0) is 6.42 Å². The van der Waals surface area contributed by atoms with Crippen LogP contribution in [0.4, 0.5) is 0 Å². The highest BCUT2D eigenvalue weighted by atomic mass is 32.1. The normalized spacial score (nSPS) is 21.5. The van der Waals surface area contributed by atoms with Crippen molar-refractivity contribution in [3.05, 3.63) is 21.4 Å². The number of fused-ring (bicyclic) bond motifs is 1. The largest absolute Gasteiger partial charge is 0.148 e. The van der Waals surface area contributed by atoms with Gasteiger partial charge in [0.1, 0.15) is 0 Å². The number of thiophene rings is 1. The van der Waals surface area contributed by atoms with E-state index in [1.807, 2.05) is 11.3 Å². The molecule has 0 N–H and O–H groups in total. The van der Waals surface area contributed by atoms with E-state index >= 15 is 0 Å². The molecule has 1 aliphatic rings. The standard InChI is InChI=1S/C12H18S/c1-3-5-10-6-4-7-11-12(10)9(2)8-13-11/h8,10H,3-7H2,1-2H3. The van der Waals surface area contributed by atoms with Crippen molar-refractivity contribution in [2.75, 3.05) is 0 Å². The first-order valence-electron chi connectivity index (χ1n) is 5.39. The van der Waals surface area contributed by atoms with Gasteiger partial charge in [-0.15, -0.1) is 11.3 Å². The van der Waals surface area contributed by atoms with E-state index in [9.17, 15) is 0 Å². The fourth-order valence-electron chi connectivity index (χ4n) is 2.54. The number of hydrogen-bond donors (Lipinski definition) is 0. The monoisotopic (exact) mass is 194 g/mol. The van der Waals surface area contributed by atoms with Gasteiger partial charge >= 0.3 is 0 Å². The summed E-state index contributed by atoms with van der Waals surface area (Å²) in [5.74, 6) is 0.889. The maximum Gasteiger partial charge on any atom is 0.00827 e. The fourth-order valence-corrected chi connectivity index (χ4v) is 3.70. The fraction of sp³-hybridized carbons (Fsp3) is 0.667. The summed E-state index contributed by atoms with van der Waals surface area (Å²) in [5.41, 5.74) is 3.27. The summed E-state index contributed by atoms with van der Waals surface area (Å²) in [6.07, 6.45) is 6.91. The first-order valence-corrected chi connectivity index (χ1v) is 6.27. The van der Waals surface area contributed by atoms with Crippen molar-refractivity contribution in [3.8, 4) is 0 Å². The van der Waals surface area contributed by atoms with E-state index in [-0.39, 0.29) is 0 Å². The second-order valence-corrected chi connectivity index (χ2v) is 5.10. The molecule has 13 heavy (non-hydrogen) atoms. The summed E-state index contributed by atoms with van der Waals surface area (Å²) in [6, 6.07) is 0. The number of hydrogen-bond acceptors (Lipinski definition) is 1. The molecule has 0 bridgehead atoms. The summed E-state index contributed by atoms with van der Waals surface area (Å²) in [5, 5.41) is 2.35. The molecule has 1 aromatic rings. The van der Waals surface area contributed by atoms with E-state index in [1.165, 1.54) is 32.1 Å². The molecular weight excluding hydrogens is 176 g/mol. The molecule has 1 heteroatoms. The van der Waals surface area contributed by atoms with Crippen molar-refractivity contribution in [2.45, 2.75) is 51.9 Å². The summed E-state index contributed by atoms with van der Waals surface area (Å²) >= 11 is 1.98. The van der Waals surface area contributed by atoms with Gasteiger partial charge in [0.05, 0.1) is 0 Å². The van der Waals surface area contributed by atoms with Gasteiger partial charge in [0, 0.05) is 4.88 Å². The number of rotatable bonds is 2. The van der Waals surface area contributed by atoms with Crippen molar-refractivity contribution < 1.29 is 0 Å². The highest BCUT2D eigenvalue weighted by Gasteiger charge is 2.22. The molecule has 1 aliphatic carbocycles. The van der Waals surface area contributed by atoms with Crippen molar-refractivity contribution in [1.29, 1.82) is 0 Å². The van der Waals surface area contributed by atoms with Gasteiger partial charge in [0.25, 0.3) is 0 Å². The van der Waals surface area contributed by atoms with Gasteiger partial charge in [-0.05, 0) is 55.0 Å². The molecule has 0 saturated heterocycles. The Morgan fingerprint density at radius 3 is 3.15 bits per heavy atom. The zero-order chi connectivity index (χ0) is 9.26. The molecule has 1 unspecified atom stereocenters. The molecule has 0 amide bonds. The third-order valence-electron chi connectivity index (χ3n) is 3.11. The summed E-state index contributed by atoms with van der Waals surface area (Å²) in [4.78, 5) is 1.68. The summed E-state index contributed by atoms with van der Waals surface area (Å²) < 4.78 is 0. The predicted molar refractivity (Wildman–Crippen MR) is 59.6 cm³/mol. The Morgan fingerprint density at radius 1 is 1.54 bits per heavy atom. The highest BCUT2D eigenvalue weighted by Crippen LogP contribution is 2.39. The Kier molecular flexibility index (Phi) is 2.73. The third kappa shape index (κ3) is 1.67. The average molecular weight is 194 g/mol. The molecule has 1 aromatic heterocycles. The zero-order valence-electron chi connectivity index (χ0n) is 8.60. The third-order valence-corrected chi connectivity index (χ3v) is 4.28. The van der Waals surface area contributed by atoms with Gasteiger partial charge in [-0.25, -0.2) is 0 Å². The Hall–Kier alpha value is -0.300. The van der Waals surface area contributed by atoms with Crippen LogP contribution in [0.5, 0.6) is 0 Å². The van der Waals surface area contributed by atoms with Crippen LogP contribution in [0.15, 0.2) is 5.38 Å². The lowest BCUT2D eigenvalue weighted by atomic mass is 9.83. The Morgan fingerprint density at radius 2 is 2.38 bits per heavy atom. The van der Waals surface area contributed by atoms with E-state index in [4.69, 9.17) is 0 Å². The van der Waals surface area contributed by atoms with E-state index < -0.39 is 0 Å². The van der Waals surface area contributed by atoms with Crippen molar-refractivity contribution in [1.82, 2.24) is 0 Å². The maximum absolute atomic E-state index is 2.35. The quantitative estimate of drug-likeness (QED) is 0.659. The molecule has 0 radical (unpaired) electrons. The molecule has 0 nitrogen and oxygen atoms in total. The molecule has 0 fully saturated rings. The van der Waals surface area contributed by atoms with Crippen LogP contribution in [0.2, 0.25) is 0 Å². The van der Waals surface area contributed by atoms with Gasteiger partial charge in [0.2, 0.25) is 0 Å². The molecule has 1 atom stereocenters. The SMILES string of the molecule is CCCC1CCCc2scc(C)c21. The first-order chi connectivity index (χ1) is 6.33. The van der Waals surface area contributed by atoms with Crippen molar-refractivity contribution in [3.63, 3.8) is 0 Å². The Labute approximate surface area is 85.0 Å². The minimum atomic E-state index is 0.889. The Balaban J connectivity index is 2.29. The lowest BCUT2D eigenvalue weighted by molar-refractivity contribution is 0.518. The van der Waals surface area contributed by atoms with Gasteiger partial charge in [-0.3, -0.25) is 0 Å². The molecule has 0 aliphatic heterocycles.